The number of hydrogen-bond donors (Lipinski definition) is 0. The van der Waals surface area contributed by atoms with Crippen LogP contribution in [-0.4, -0.2) is 36.6 Å². The third-order valence-corrected chi connectivity index (χ3v) is 2.95. The Morgan fingerprint density at radius 2 is 1.88 bits per heavy atom. The first-order chi connectivity index (χ1) is 7.29. The van der Waals surface area contributed by atoms with Crippen LogP contribution < -0.4 is 0 Å². The molecule has 0 aliphatic carbocycles. The standard InChI is InChI=1S/C12H23NO2.ClH/c1-3-8-11(12(14)15-4-2)13-9-6-5-7-10-13;/h11H,3-10H2,1-2H3;1H. The molecule has 0 bridgehead atoms. The van der Waals surface area contributed by atoms with Gasteiger partial charge in [0.25, 0.3) is 0 Å². The van der Waals surface area contributed by atoms with E-state index >= 15 is 0 Å². The smallest absolute Gasteiger partial charge is 0.323 e. The van der Waals surface area contributed by atoms with Gasteiger partial charge in [-0.25, -0.2) is 0 Å². The second-order valence-electron chi connectivity index (χ2n) is 4.15. The third-order valence-electron chi connectivity index (χ3n) is 2.95. The lowest BCUT2D eigenvalue weighted by Gasteiger charge is -2.32. The Kier molecular flexibility index (Phi) is 8.67. The van der Waals surface area contributed by atoms with Crippen molar-refractivity contribution >= 4 is 18.4 Å². The Morgan fingerprint density at radius 1 is 1.25 bits per heavy atom. The van der Waals surface area contributed by atoms with E-state index in [-0.39, 0.29) is 24.4 Å². The molecule has 0 N–H and O–H groups in total. The quantitative estimate of drug-likeness (QED) is 0.702. The molecule has 0 aromatic heterocycles. The molecule has 1 fully saturated rings. The van der Waals surface area contributed by atoms with Gasteiger partial charge in [-0.1, -0.05) is 19.8 Å². The van der Waals surface area contributed by atoms with Crippen molar-refractivity contribution in [1.82, 2.24) is 4.90 Å². The number of rotatable bonds is 5. The zero-order chi connectivity index (χ0) is 11.1. The molecule has 1 unspecified atom stereocenters. The highest BCUT2D eigenvalue weighted by molar-refractivity contribution is 5.85. The second kappa shape index (κ2) is 8.82. The zero-order valence-corrected chi connectivity index (χ0v) is 11.2. The Balaban J connectivity index is 0.00000225. The number of ether oxygens (including phenoxy) is 1. The topological polar surface area (TPSA) is 29.5 Å². The van der Waals surface area contributed by atoms with Crippen LogP contribution in [0.3, 0.4) is 0 Å². The fraction of sp³-hybridized carbons (Fsp3) is 0.917. The molecule has 1 saturated heterocycles. The van der Waals surface area contributed by atoms with Crippen molar-refractivity contribution in [3.8, 4) is 0 Å². The van der Waals surface area contributed by atoms with E-state index in [1.54, 1.807) is 0 Å². The van der Waals surface area contributed by atoms with E-state index in [0.29, 0.717) is 6.61 Å². The fourth-order valence-corrected chi connectivity index (χ4v) is 2.19. The molecule has 96 valence electrons. The number of carbonyl (C=O) groups excluding carboxylic acids is 1. The average molecular weight is 250 g/mol. The van der Waals surface area contributed by atoms with Crippen LogP contribution >= 0.6 is 12.4 Å². The molecule has 1 aliphatic rings. The predicted molar refractivity (Wildman–Crippen MR) is 68.0 cm³/mol. The Morgan fingerprint density at radius 3 is 2.38 bits per heavy atom. The normalized spacial score (nSPS) is 18.6. The first-order valence-corrected chi connectivity index (χ1v) is 6.20. The minimum atomic E-state index is -0.0266. The molecule has 1 heterocycles. The van der Waals surface area contributed by atoms with Crippen molar-refractivity contribution in [1.29, 1.82) is 0 Å². The Hall–Kier alpha value is -0.280. The zero-order valence-electron chi connectivity index (χ0n) is 10.4. The van der Waals surface area contributed by atoms with E-state index in [1.807, 2.05) is 6.92 Å². The van der Waals surface area contributed by atoms with Gasteiger partial charge in [0.1, 0.15) is 6.04 Å². The van der Waals surface area contributed by atoms with Crippen LogP contribution in [-0.2, 0) is 9.53 Å². The minimum Gasteiger partial charge on any atom is -0.465 e. The lowest BCUT2D eigenvalue weighted by Crippen LogP contribution is -2.44. The number of nitrogens with zero attached hydrogens (tertiary/aromatic N) is 1. The van der Waals surface area contributed by atoms with Crippen molar-refractivity contribution in [3.63, 3.8) is 0 Å². The molecule has 0 aromatic carbocycles. The van der Waals surface area contributed by atoms with Gasteiger partial charge in [0.15, 0.2) is 0 Å². The third kappa shape index (κ3) is 4.71. The van der Waals surface area contributed by atoms with Gasteiger partial charge in [-0.05, 0) is 39.3 Å². The van der Waals surface area contributed by atoms with Crippen molar-refractivity contribution in [3.05, 3.63) is 0 Å². The van der Waals surface area contributed by atoms with Crippen LogP contribution in [0.1, 0.15) is 46.0 Å². The molecule has 0 amide bonds. The summed E-state index contributed by atoms with van der Waals surface area (Å²) in [6, 6.07) is 0.00949. The molecule has 1 atom stereocenters. The van der Waals surface area contributed by atoms with Gasteiger partial charge in [-0.2, -0.15) is 0 Å². The lowest BCUT2D eigenvalue weighted by atomic mass is 10.1. The number of piperidine rings is 1. The van der Waals surface area contributed by atoms with Gasteiger partial charge in [0.05, 0.1) is 6.61 Å². The molecule has 0 spiro atoms. The van der Waals surface area contributed by atoms with Crippen molar-refractivity contribution in [2.45, 2.75) is 52.0 Å². The highest BCUT2D eigenvalue weighted by Crippen LogP contribution is 2.16. The molecule has 1 aliphatic heterocycles. The summed E-state index contributed by atoms with van der Waals surface area (Å²) in [5.74, 6) is -0.0266. The summed E-state index contributed by atoms with van der Waals surface area (Å²) in [7, 11) is 0. The number of esters is 1. The van der Waals surface area contributed by atoms with Crippen LogP contribution in [0.4, 0.5) is 0 Å². The summed E-state index contributed by atoms with van der Waals surface area (Å²) >= 11 is 0. The number of likely N-dealkylation sites (tertiary alicyclic amines) is 1. The SMILES string of the molecule is CCCC(C(=O)OCC)N1CCCCC1.Cl. The second-order valence-corrected chi connectivity index (χ2v) is 4.15. The van der Waals surface area contributed by atoms with E-state index < -0.39 is 0 Å². The highest BCUT2D eigenvalue weighted by atomic mass is 35.5. The highest BCUT2D eigenvalue weighted by Gasteiger charge is 2.27. The van der Waals surface area contributed by atoms with Crippen molar-refractivity contribution < 1.29 is 9.53 Å². The van der Waals surface area contributed by atoms with E-state index in [1.165, 1.54) is 19.3 Å². The summed E-state index contributed by atoms with van der Waals surface area (Å²) in [4.78, 5) is 14.1. The summed E-state index contributed by atoms with van der Waals surface area (Å²) in [5.41, 5.74) is 0. The molecule has 0 radical (unpaired) electrons. The molecule has 0 saturated carbocycles. The van der Waals surface area contributed by atoms with Crippen LogP contribution in [0.5, 0.6) is 0 Å². The maximum Gasteiger partial charge on any atom is 0.323 e. The monoisotopic (exact) mass is 249 g/mol. The van der Waals surface area contributed by atoms with Crippen molar-refractivity contribution in [2.24, 2.45) is 0 Å². The van der Waals surface area contributed by atoms with Gasteiger partial charge < -0.3 is 4.74 Å². The van der Waals surface area contributed by atoms with Crippen LogP contribution in [0.25, 0.3) is 0 Å². The molecule has 16 heavy (non-hydrogen) atoms. The Bertz CT molecular complexity index is 193. The molecular formula is C12H24ClNO2. The number of halogens is 1. The van der Waals surface area contributed by atoms with Crippen molar-refractivity contribution in [2.75, 3.05) is 19.7 Å². The number of hydrogen-bond acceptors (Lipinski definition) is 3. The molecule has 0 aromatic rings. The maximum absolute atomic E-state index is 11.8. The molecule has 3 nitrogen and oxygen atoms in total. The Labute approximate surface area is 105 Å². The first kappa shape index (κ1) is 15.7. The summed E-state index contributed by atoms with van der Waals surface area (Å²) < 4.78 is 5.13. The van der Waals surface area contributed by atoms with E-state index in [4.69, 9.17) is 4.74 Å². The largest absolute Gasteiger partial charge is 0.465 e. The van der Waals surface area contributed by atoms with Gasteiger partial charge in [-0.3, -0.25) is 9.69 Å². The van der Waals surface area contributed by atoms with E-state index in [2.05, 4.69) is 11.8 Å². The van der Waals surface area contributed by atoms with Gasteiger partial charge in [0, 0.05) is 0 Å². The first-order valence-electron chi connectivity index (χ1n) is 6.20. The summed E-state index contributed by atoms with van der Waals surface area (Å²) in [6.45, 7) is 6.60. The van der Waals surface area contributed by atoms with E-state index in [0.717, 1.165) is 25.9 Å². The van der Waals surface area contributed by atoms with Gasteiger partial charge >= 0.3 is 5.97 Å². The lowest BCUT2D eigenvalue weighted by molar-refractivity contribution is -0.150. The summed E-state index contributed by atoms with van der Waals surface area (Å²) in [5, 5.41) is 0. The average Bonchev–Trinajstić information content (AvgIpc) is 2.27. The maximum atomic E-state index is 11.8. The molecule has 1 rings (SSSR count). The van der Waals surface area contributed by atoms with Gasteiger partial charge in [-0.15, -0.1) is 12.4 Å². The predicted octanol–water partition coefficient (Wildman–Crippen LogP) is 2.63. The number of carbonyl (C=O) groups is 1. The summed E-state index contributed by atoms with van der Waals surface area (Å²) in [6.07, 6.45) is 5.72. The molecular weight excluding hydrogens is 226 g/mol. The van der Waals surface area contributed by atoms with Crippen LogP contribution in [0.2, 0.25) is 0 Å². The van der Waals surface area contributed by atoms with Gasteiger partial charge in [0.2, 0.25) is 0 Å². The minimum absolute atomic E-state index is 0. The van der Waals surface area contributed by atoms with Crippen LogP contribution in [0, 0.1) is 0 Å². The van der Waals surface area contributed by atoms with E-state index in [9.17, 15) is 4.79 Å². The fourth-order valence-electron chi connectivity index (χ4n) is 2.19. The van der Waals surface area contributed by atoms with Crippen LogP contribution in [0.15, 0.2) is 0 Å². The molecule has 4 heteroatoms.